The molecule has 58 valence electrons. The van der Waals surface area contributed by atoms with Crippen LogP contribution in [0.1, 0.15) is 19.3 Å². The second-order valence-electron chi connectivity index (χ2n) is 2.38. The minimum Gasteiger partial charge on any atom is -0.544 e. The van der Waals surface area contributed by atoms with E-state index in [1.54, 1.807) is 0 Å². The molecule has 0 spiro atoms. The van der Waals surface area contributed by atoms with Crippen LogP contribution in [-0.2, 0) is 9.53 Å². The molecule has 0 amide bonds. The zero-order chi connectivity index (χ0) is 7.61. The Morgan fingerprint density at radius 3 is 2.45 bits per heavy atom. The van der Waals surface area contributed by atoms with Crippen LogP contribution in [0.4, 0.5) is 0 Å². The summed E-state index contributed by atoms with van der Waals surface area (Å²) in [6, 6.07) is 0. The van der Waals surface area contributed by atoms with Gasteiger partial charge in [0.2, 0.25) is 5.79 Å². The van der Waals surface area contributed by atoms with Gasteiger partial charge < -0.3 is 19.7 Å². The smallest absolute Gasteiger partial charge is 0.544 e. The summed E-state index contributed by atoms with van der Waals surface area (Å²) in [6.07, 6.45) is 1.61. The van der Waals surface area contributed by atoms with Crippen molar-refractivity contribution in [3.63, 3.8) is 0 Å². The monoisotopic (exact) mass is 168 g/mol. The maximum atomic E-state index is 10.2. The number of carboxylic acids is 1. The van der Waals surface area contributed by atoms with Crippen LogP contribution in [0.15, 0.2) is 0 Å². The van der Waals surface area contributed by atoms with Gasteiger partial charge >= 0.3 is 29.6 Å². The number of ether oxygens (including phenoxy) is 1. The normalized spacial score (nSPS) is 30.6. The summed E-state index contributed by atoms with van der Waals surface area (Å²) in [7, 11) is 0. The molecule has 4 nitrogen and oxygen atoms in total. The van der Waals surface area contributed by atoms with Crippen molar-refractivity contribution in [1.29, 1.82) is 0 Å². The van der Waals surface area contributed by atoms with E-state index in [1.165, 1.54) is 0 Å². The van der Waals surface area contributed by atoms with Crippen LogP contribution in [0.3, 0.4) is 0 Å². The third-order valence-electron chi connectivity index (χ3n) is 1.57. The molecule has 1 N–H and O–H groups in total. The molecule has 0 aliphatic carbocycles. The predicted octanol–water partition coefficient (Wildman–Crippen LogP) is -4.37. The molecule has 0 aromatic heterocycles. The van der Waals surface area contributed by atoms with E-state index in [1.807, 2.05) is 0 Å². The Labute approximate surface area is 86.8 Å². The molecule has 1 rings (SSSR count). The van der Waals surface area contributed by atoms with Gasteiger partial charge in [0, 0.05) is 6.42 Å². The largest absolute Gasteiger partial charge is 1.00 e. The summed E-state index contributed by atoms with van der Waals surface area (Å²) in [6.45, 7) is 0.296. The van der Waals surface area contributed by atoms with Crippen LogP contribution >= 0.6 is 0 Å². The van der Waals surface area contributed by atoms with Gasteiger partial charge in [0.1, 0.15) is 5.97 Å². The van der Waals surface area contributed by atoms with E-state index in [0.29, 0.717) is 13.0 Å². The molecule has 0 bridgehead atoms. The zero-order valence-corrected chi connectivity index (χ0v) is 8.50. The number of hydrogen-bond acceptors (Lipinski definition) is 4. The molecule has 0 saturated carbocycles. The van der Waals surface area contributed by atoms with Gasteiger partial charge in [0.05, 0.1) is 6.61 Å². The molecule has 1 aliphatic heterocycles. The quantitative estimate of drug-likeness (QED) is 0.401. The van der Waals surface area contributed by atoms with E-state index in [9.17, 15) is 9.90 Å². The first-order valence-electron chi connectivity index (χ1n) is 3.23. The summed E-state index contributed by atoms with van der Waals surface area (Å²) in [5.74, 6) is -3.55. The standard InChI is InChI=1S/C6H10O4.Na/c7-5(8)6(9)3-1-2-4-10-6;/h9H,1-4H2,(H,7,8);/q;+1/p-1. The fourth-order valence-corrected chi connectivity index (χ4v) is 0.941. The Morgan fingerprint density at radius 1 is 1.55 bits per heavy atom. The molecule has 11 heavy (non-hydrogen) atoms. The van der Waals surface area contributed by atoms with Gasteiger partial charge in [0.15, 0.2) is 0 Å². The summed E-state index contributed by atoms with van der Waals surface area (Å²) >= 11 is 0. The molecule has 1 unspecified atom stereocenters. The van der Waals surface area contributed by atoms with E-state index < -0.39 is 11.8 Å². The fraction of sp³-hybridized carbons (Fsp3) is 0.833. The Hall–Kier alpha value is 0.390. The van der Waals surface area contributed by atoms with Crippen molar-refractivity contribution in [2.24, 2.45) is 0 Å². The second kappa shape index (κ2) is 4.42. The van der Waals surface area contributed by atoms with Crippen molar-refractivity contribution in [2.45, 2.75) is 25.0 Å². The van der Waals surface area contributed by atoms with Crippen molar-refractivity contribution in [3.05, 3.63) is 0 Å². The van der Waals surface area contributed by atoms with Crippen molar-refractivity contribution in [3.8, 4) is 0 Å². The molecule has 0 aromatic rings. The summed E-state index contributed by atoms with van der Waals surface area (Å²) in [5.41, 5.74) is 0. The maximum absolute atomic E-state index is 10.2. The van der Waals surface area contributed by atoms with Crippen LogP contribution in [0.5, 0.6) is 0 Å². The first-order chi connectivity index (χ1) is 4.65. The third-order valence-corrected chi connectivity index (χ3v) is 1.57. The number of carbonyl (C=O) groups is 1. The number of hydrogen-bond donors (Lipinski definition) is 1. The van der Waals surface area contributed by atoms with Crippen LogP contribution in [0.25, 0.3) is 0 Å². The average Bonchev–Trinajstić information content (AvgIpc) is 1.89. The average molecular weight is 168 g/mol. The molecule has 1 atom stereocenters. The van der Waals surface area contributed by atoms with Crippen molar-refractivity contribution >= 4 is 5.97 Å². The van der Waals surface area contributed by atoms with Crippen LogP contribution in [-0.4, -0.2) is 23.5 Å². The van der Waals surface area contributed by atoms with Gasteiger partial charge in [0.25, 0.3) is 0 Å². The van der Waals surface area contributed by atoms with Crippen molar-refractivity contribution < 1.29 is 49.3 Å². The topological polar surface area (TPSA) is 69.6 Å². The summed E-state index contributed by atoms with van der Waals surface area (Å²) < 4.78 is 4.62. The van der Waals surface area contributed by atoms with E-state index in [4.69, 9.17) is 5.11 Å². The molecular weight excluding hydrogens is 159 g/mol. The third kappa shape index (κ3) is 2.72. The molecule has 0 radical (unpaired) electrons. The Bertz CT molecular complexity index is 142. The SMILES string of the molecule is O=C([O-])C1(O)CCCCO1.[Na+]. The minimum atomic E-state index is -2.02. The van der Waals surface area contributed by atoms with E-state index >= 15 is 0 Å². The number of carboxylic acid groups (broad SMARTS) is 1. The molecule has 1 heterocycles. The molecule has 1 aliphatic rings. The van der Waals surface area contributed by atoms with Gasteiger partial charge in [-0.05, 0) is 12.8 Å². The van der Waals surface area contributed by atoms with Crippen molar-refractivity contribution in [2.75, 3.05) is 6.61 Å². The second-order valence-corrected chi connectivity index (χ2v) is 2.38. The first kappa shape index (κ1) is 11.4. The van der Waals surface area contributed by atoms with Crippen LogP contribution in [0.2, 0.25) is 0 Å². The predicted molar refractivity (Wildman–Crippen MR) is 29.8 cm³/mol. The van der Waals surface area contributed by atoms with Gasteiger partial charge in [-0.2, -0.15) is 0 Å². The van der Waals surface area contributed by atoms with E-state index in [-0.39, 0.29) is 36.0 Å². The Morgan fingerprint density at radius 2 is 2.18 bits per heavy atom. The molecule has 0 aromatic carbocycles. The first-order valence-corrected chi connectivity index (χ1v) is 3.23. The molecule has 1 fully saturated rings. The number of rotatable bonds is 1. The molecule has 5 heteroatoms. The zero-order valence-electron chi connectivity index (χ0n) is 6.50. The van der Waals surface area contributed by atoms with Gasteiger partial charge in [-0.1, -0.05) is 0 Å². The van der Waals surface area contributed by atoms with Crippen molar-refractivity contribution in [1.82, 2.24) is 0 Å². The Kier molecular flexibility index (Phi) is 4.58. The van der Waals surface area contributed by atoms with E-state index in [0.717, 1.165) is 6.42 Å². The van der Waals surface area contributed by atoms with Gasteiger partial charge in [-0.3, -0.25) is 0 Å². The van der Waals surface area contributed by atoms with Gasteiger partial charge in [-0.15, -0.1) is 0 Å². The molecule has 1 saturated heterocycles. The maximum Gasteiger partial charge on any atom is 1.00 e. The summed E-state index contributed by atoms with van der Waals surface area (Å²) in [4.78, 5) is 10.2. The van der Waals surface area contributed by atoms with Crippen LogP contribution in [0, 0.1) is 0 Å². The minimum absolute atomic E-state index is 0. The number of aliphatic carboxylic acids is 1. The Balaban J connectivity index is 0.000001000. The van der Waals surface area contributed by atoms with Gasteiger partial charge in [-0.25, -0.2) is 0 Å². The summed E-state index contributed by atoms with van der Waals surface area (Å²) in [5, 5.41) is 19.3. The fourth-order valence-electron chi connectivity index (χ4n) is 0.941. The van der Waals surface area contributed by atoms with E-state index in [2.05, 4.69) is 4.74 Å². The number of aliphatic hydroxyl groups is 1. The number of carbonyl (C=O) groups excluding carboxylic acids is 1. The van der Waals surface area contributed by atoms with Crippen LogP contribution < -0.4 is 34.7 Å². The molecular formula is C6H9NaO4.